The molecule has 1 unspecified atom stereocenters. The molecule has 0 saturated carbocycles. The van der Waals surface area contributed by atoms with Crippen LogP contribution in [0.2, 0.25) is 5.02 Å². The maximum absolute atomic E-state index is 13.1. The van der Waals surface area contributed by atoms with Crippen molar-refractivity contribution >= 4 is 34.7 Å². The van der Waals surface area contributed by atoms with Crippen molar-refractivity contribution in [1.29, 1.82) is 0 Å². The summed E-state index contributed by atoms with van der Waals surface area (Å²) in [5.41, 5.74) is 2.57. The van der Waals surface area contributed by atoms with Crippen LogP contribution in [0.25, 0.3) is 0 Å². The lowest BCUT2D eigenvalue weighted by Crippen LogP contribution is -2.31. The summed E-state index contributed by atoms with van der Waals surface area (Å²) >= 11 is 6.03. The number of Topliss-reactive ketones (excluding diaryl/α,β-unsaturated/α-hetero) is 1. The highest BCUT2D eigenvalue weighted by Gasteiger charge is 2.44. The third-order valence-electron chi connectivity index (χ3n) is 5.54. The van der Waals surface area contributed by atoms with Gasteiger partial charge in [-0.25, -0.2) is 0 Å². The Morgan fingerprint density at radius 2 is 1.65 bits per heavy atom. The minimum atomic E-state index is -0.689. The summed E-state index contributed by atoms with van der Waals surface area (Å²) in [6, 6.07) is 14.0. The summed E-state index contributed by atoms with van der Waals surface area (Å²) in [6.07, 6.45) is 0.259. The lowest BCUT2D eigenvalue weighted by molar-refractivity contribution is -0.118. The van der Waals surface area contributed by atoms with E-state index in [1.165, 1.54) is 4.90 Å². The highest BCUT2D eigenvalue weighted by Crippen LogP contribution is 2.42. The second-order valence-corrected chi connectivity index (χ2v) is 8.54. The lowest BCUT2D eigenvalue weighted by Gasteiger charge is -2.28. The first kappa shape index (κ1) is 22.9. The molecule has 164 valence electrons. The van der Waals surface area contributed by atoms with Crippen LogP contribution in [-0.2, 0) is 9.59 Å². The topological polar surface area (TPSA) is 60.9 Å². The van der Waals surface area contributed by atoms with Crippen molar-refractivity contribution in [3.63, 3.8) is 0 Å². The zero-order valence-corrected chi connectivity index (χ0v) is 19.2. The number of rotatable bonds is 8. The molecule has 3 rings (SSSR count). The van der Waals surface area contributed by atoms with E-state index in [0.29, 0.717) is 10.7 Å². The van der Waals surface area contributed by atoms with Crippen LogP contribution in [0.15, 0.2) is 59.9 Å². The van der Waals surface area contributed by atoms with Crippen molar-refractivity contribution in [2.24, 2.45) is 5.92 Å². The molecule has 0 spiro atoms. The Bertz CT molecular complexity index is 977. The number of carbonyl (C=O) groups excluding carboxylic acids is 2. The Morgan fingerprint density at radius 1 is 1.06 bits per heavy atom. The number of carbonyl (C=O) groups is 2. The molecule has 1 N–H and O–H groups in total. The normalized spacial score (nSPS) is 16.4. The van der Waals surface area contributed by atoms with E-state index in [1.54, 1.807) is 24.3 Å². The van der Waals surface area contributed by atoms with Crippen molar-refractivity contribution in [2.45, 2.75) is 40.2 Å². The Labute approximate surface area is 188 Å². The quantitative estimate of drug-likeness (QED) is 0.571. The molecule has 0 bridgehead atoms. The molecular weight excluding hydrogens is 412 g/mol. The molecule has 6 heteroatoms. The molecule has 0 aliphatic carbocycles. The van der Waals surface area contributed by atoms with E-state index >= 15 is 0 Å². The average molecular weight is 441 g/mol. The van der Waals surface area contributed by atoms with Crippen molar-refractivity contribution in [1.82, 2.24) is 0 Å². The molecule has 1 aliphatic heterocycles. The van der Waals surface area contributed by atoms with Crippen molar-refractivity contribution in [3.8, 4) is 0 Å². The van der Waals surface area contributed by atoms with Gasteiger partial charge in [0.05, 0.1) is 11.6 Å². The molecule has 1 amide bonds. The summed E-state index contributed by atoms with van der Waals surface area (Å²) in [7, 11) is 0. The fourth-order valence-electron chi connectivity index (χ4n) is 4.01. The molecule has 1 atom stereocenters. The zero-order chi connectivity index (χ0) is 22.7. The Kier molecular flexibility index (Phi) is 7.06. The summed E-state index contributed by atoms with van der Waals surface area (Å²) in [4.78, 5) is 29.8. The number of benzene rings is 2. The average Bonchev–Trinajstić information content (AvgIpc) is 3.00. The molecule has 0 aromatic heterocycles. The van der Waals surface area contributed by atoms with Crippen LogP contribution in [-0.4, -0.2) is 29.9 Å². The van der Waals surface area contributed by atoms with Gasteiger partial charge < -0.3 is 10.0 Å². The van der Waals surface area contributed by atoms with Crippen LogP contribution >= 0.6 is 11.6 Å². The third-order valence-corrected chi connectivity index (χ3v) is 5.80. The van der Waals surface area contributed by atoms with E-state index in [9.17, 15) is 14.7 Å². The first-order valence-corrected chi connectivity index (χ1v) is 11.1. The number of ketones is 1. The fourth-order valence-corrected chi connectivity index (χ4v) is 4.14. The number of nitrogens with zero attached hydrogens (tertiary/aromatic N) is 2. The molecule has 2 aromatic rings. The van der Waals surface area contributed by atoms with Gasteiger partial charge in [-0.05, 0) is 61.7 Å². The van der Waals surface area contributed by atoms with Crippen LogP contribution in [0.3, 0.4) is 0 Å². The van der Waals surface area contributed by atoms with E-state index < -0.39 is 17.7 Å². The monoisotopic (exact) mass is 440 g/mol. The maximum Gasteiger partial charge on any atom is 0.294 e. The van der Waals surface area contributed by atoms with E-state index in [-0.39, 0.29) is 23.7 Å². The number of hydrogen-bond acceptors (Lipinski definition) is 4. The number of aliphatic hydroxyl groups excluding tert-OH is 1. The van der Waals surface area contributed by atoms with E-state index in [0.717, 1.165) is 24.3 Å². The Hall–Kier alpha value is -2.79. The number of hydrogen-bond donors (Lipinski definition) is 1. The van der Waals surface area contributed by atoms with Gasteiger partial charge in [0.15, 0.2) is 11.5 Å². The number of aliphatic hydroxyl groups is 1. The van der Waals surface area contributed by atoms with Gasteiger partial charge in [0.25, 0.3) is 5.91 Å². The van der Waals surface area contributed by atoms with E-state index in [2.05, 4.69) is 18.7 Å². The predicted molar refractivity (Wildman–Crippen MR) is 126 cm³/mol. The lowest BCUT2D eigenvalue weighted by atomic mass is 9.92. The minimum absolute atomic E-state index is 0.109. The van der Waals surface area contributed by atoms with E-state index in [1.807, 2.05) is 38.1 Å². The Balaban J connectivity index is 2.09. The second kappa shape index (κ2) is 9.56. The van der Waals surface area contributed by atoms with Crippen molar-refractivity contribution in [2.75, 3.05) is 22.9 Å². The van der Waals surface area contributed by atoms with Crippen molar-refractivity contribution < 1.29 is 14.7 Å². The van der Waals surface area contributed by atoms with Crippen LogP contribution < -0.4 is 9.80 Å². The number of halogens is 1. The number of anilines is 2. The number of amides is 1. The van der Waals surface area contributed by atoms with Gasteiger partial charge >= 0.3 is 0 Å². The summed E-state index contributed by atoms with van der Waals surface area (Å²) in [6.45, 7) is 9.84. The predicted octanol–water partition coefficient (Wildman–Crippen LogP) is 5.70. The van der Waals surface area contributed by atoms with Gasteiger partial charge in [-0.1, -0.05) is 37.6 Å². The van der Waals surface area contributed by atoms with Crippen LogP contribution in [0.1, 0.15) is 45.7 Å². The minimum Gasteiger partial charge on any atom is -0.503 e. The molecule has 0 radical (unpaired) electrons. The molecule has 31 heavy (non-hydrogen) atoms. The van der Waals surface area contributed by atoms with Crippen LogP contribution in [0.5, 0.6) is 0 Å². The van der Waals surface area contributed by atoms with Gasteiger partial charge in [0, 0.05) is 35.9 Å². The maximum atomic E-state index is 13.1. The van der Waals surface area contributed by atoms with Crippen LogP contribution in [0, 0.1) is 5.92 Å². The fraction of sp³-hybridized carbons (Fsp3) is 0.360. The van der Waals surface area contributed by atoms with Crippen molar-refractivity contribution in [3.05, 3.63) is 70.4 Å². The molecule has 0 saturated heterocycles. The zero-order valence-electron chi connectivity index (χ0n) is 18.4. The summed E-state index contributed by atoms with van der Waals surface area (Å²) in [5, 5.41) is 11.3. The molecule has 1 aliphatic rings. The summed E-state index contributed by atoms with van der Waals surface area (Å²) in [5.74, 6) is -1.15. The van der Waals surface area contributed by atoms with Gasteiger partial charge in [0.2, 0.25) is 0 Å². The van der Waals surface area contributed by atoms with Gasteiger partial charge in [-0.2, -0.15) is 0 Å². The van der Waals surface area contributed by atoms with Gasteiger partial charge in [-0.3, -0.25) is 14.5 Å². The third kappa shape index (κ3) is 4.62. The first-order valence-electron chi connectivity index (χ1n) is 10.7. The molecule has 5 nitrogen and oxygen atoms in total. The largest absolute Gasteiger partial charge is 0.503 e. The standard InChI is InChI=1S/C25H29ClN2O3/c1-5-27(6-2)19-11-7-17(8-12-19)23-22(21(29)15-16(3)4)24(30)25(31)28(23)20-13-9-18(26)10-14-20/h7-14,16,23,30H,5-6,15H2,1-4H3. The molecule has 2 aromatic carbocycles. The molecular formula is C25H29ClN2O3. The van der Waals surface area contributed by atoms with E-state index in [4.69, 9.17) is 11.6 Å². The Morgan fingerprint density at radius 3 is 2.16 bits per heavy atom. The SMILES string of the molecule is CCN(CC)c1ccc(C2C(C(=O)CC(C)C)=C(O)C(=O)N2c2ccc(Cl)cc2)cc1. The highest BCUT2D eigenvalue weighted by molar-refractivity contribution is 6.30. The van der Waals surface area contributed by atoms with Crippen LogP contribution in [0.4, 0.5) is 11.4 Å². The molecule has 0 fully saturated rings. The first-order chi connectivity index (χ1) is 14.8. The van der Waals surface area contributed by atoms with Gasteiger partial charge in [-0.15, -0.1) is 0 Å². The highest BCUT2D eigenvalue weighted by atomic mass is 35.5. The summed E-state index contributed by atoms with van der Waals surface area (Å²) < 4.78 is 0. The molecule has 1 heterocycles. The smallest absolute Gasteiger partial charge is 0.294 e. The second-order valence-electron chi connectivity index (χ2n) is 8.10. The van der Waals surface area contributed by atoms with Gasteiger partial charge in [0.1, 0.15) is 0 Å².